The first-order valence-electron chi connectivity index (χ1n) is 10.6. The molecule has 0 aromatic carbocycles. The molecule has 154 valence electrons. The van der Waals surface area contributed by atoms with Gasteiger partial charge in [-0.3, -0.25) is 0 Å². The van der Waals surface area contributed by atoms with Gasteiger partial charge in [0.25, 0.3) is 0 Å². The van der Waals surface area contributed by atoms with Gasteiger partial charge >= 0.3 is 0 Å². The largest absolute Gasteiger partial charge is 1.00 e. The zero-order chi connectivity index (χ0) is 18.1. The first kappa shape index (κ1) is 27.4. The number of hydrogen-bond acceptors (Lipinski definition) is 2. The van der Waals surface area contributed by atoms with Gasteiger partial charge in [-0.1, -0.05) is 84.0 Å². The maximum absolute atomic E-state index is 9.54. The smallest absolute Gasteiger partial charge is 0.126 e. The zero-order valence-electron chi connectivity index (χ0n) is 17.3. The molecule has 0 radical (unpaired) electrons. The zero-order valence-corrected chi connectivity index (χ0v) is 18.1. The highest BCUT2D eigenvalue weighted by molar-refractivity contribution is 4.52. The van der Waals surface area contributed by atoms with E-state index in [2.05, 4.69) is 21.0 Å². The molecule has 0 aromatic rings. The lowest BCUT2D eigenvalue weighted by Gasteiger charge is -2.31. The third-order valence-corrected chi connectivity index (χ3v) is 5.03. The monoisotopic (exact) mass is 379 g/mol. The van der Waals surface area contributed by atoms with Crippen molar-refractivity contribution in [3.8, 4) is 0 Å². The van der Waals surface area contributed by atoms with Crippen LogP contribution >= 0.6 is 0 Å². The number of likely N-dealkylation sites (N-methyl/N-ethyl adjacent to an activating group) is 1. The Morgan fingerprint density at radius 2 is 1.04 bits per heavy atom. The minimum Gasteiger partial charge on any atom is -1.00 e. The summed E-state index contributed by atoms with van der Waals surface area (Å²) < 4.78 is 0.806. The van der Waals surface area contributed by atoms with Crippen LogP contribution in [0.4, 0.5) is 0 Å². The summed E-state index contributed by atoms with van der Waals surface area (Å²) in [6, 6.07) is 0. The average molecular weight is 380 g/mol. The summed E-state index contributed by atoms with van der Waals surface area (Å²) in [4.78, 5) is 0. The van der Waals surface area contributed by atoms with Gasteiger partial charge in [-0.2, -0.15) is 0 Å². The highest BCUT2D eigenvalue weighted by Gasteiger charge is 2.19. The quantitative estimate of drug-likeness (QED) is 0.282. The molecule has 0 bridgehead atoms. The Bertz CT molecular complexity index is 262. The Morgan fingerprint density at radius 1 is 0.680 bits per heavy atom. The van der Waals surface area contributed by atoms with Gasteiger partial charge in [0.15, 0.2) is 0 Å². The average Bonchev–Trinajstić information content (AvgIpc) is 2.54. The summed E-state index contributed by atoms with van der Waals surface area (Å²) in [5.74, 6) is 0. The van der Waals surface area contributed by atoms with Crippen LogP contribution in [0, 0.1) is 0 Å². The second-order valence-corrected chi connectivity index (χ2v) is 8.27. The predicted octanol–water partition coefficient (Wildman–Crippen LogP) is 1.90. The van der Waals surface area contributed by atoms with E-state index in [-0.39, 0.29) is 19.0 Å². The Balaban J connectivity index is 0. The van der Waals surface area contributed by atoms with Gasteiger partial charge in [-0.15, -0.1) is 0 Å². The summed E-state index contributed by atoms with van der Waals surface area (Å²) >= 11 is 0. The lowest BCUT2D eigenvalue weighted by molar-refractivity contribution is -0.893. The maximum atomic E-state index is 9.54. The lowest BCUT2D eigenvalue weighted by atomic mass is 10.0. The molecule has 0 aromatic heterocycles. The van der Waals surface area contributed by atoms with Crippen LogP contribution in [0.15, 0.2) is 0 Å². The molecule has 2 N–H and O–H groups in total. The molecule has 0 spiro atoms. The van der Waals surface area contributed by atoms with E-state index >= 15 is 0 Å². The molecule has 0 saturated heterocycles. The molecule has 0 aliphatic carbocycles. The molecule has 0 fully saturated rings. The Morgan fingerprint density at radius 3 is 1.40 bits per heavy atom. The standard InChI is InChI=1S/C21H46NO2.ClH/c1-4-5-6-7-8-9-10-11-12-13-14-15-16-17-18-22(2,3)19-21(24)20-23;/h21,23-24H,4-20H2,1-3H3;1H/q+1;/p-1. The third kappa shape index (κ3) is 20.3. The van der Waals surface area contributed by atoms with Crippen molar-refractivity contribution >= 4 is 0 Å². The van der Waals surface area contributed by atoms with Crippen LogP contribution in [0.1, 0.15) is 96.8 Å². The molecule has 0 amide bonds. The van der Waals surface area contributed by atoms with Crippen molar-refractivity contribution in [3.63, 3.8) is 0 Å². The van der Waals surface area contributed by atoms with E-state index in [1.807, 2.05) is 0 Å². The minimum absolute atomic E-state index is 0. The van der Waals surface area contributed by atoms with E-state index in [1.54, 1.807) is 0 Å². The number of halogens is 1. The van der Waals surface area contributed by atoms with Gasteiger partial charge in [0.2, 0.25) is 0 Å². The van der Waals surface area contributed by atoms with E-state index in [0.717, 1.165) is 11.0 Å². The summed E-state index contributed by atoms with van der Waals surface area (Å²) in [5, 5.41) is 18.5. The first-order valence-corrected chi connectivity index (χ1v) is 10.6. The Labute approximate surface area is 164 Å². The molecule has 4 heteroatoms. The van der Waals surface area contributed by atoms with Crippen LogP contribution < -0.4 is 12.4 Å². The van der Waals surface area contributed by atoms with Crippen molar-refractivity contribution in [3.05, 3.63) is 0 Å². The maximum Gasteiger partial charge on any atom is 0.126 e. The topological polar surface area (TPSA) is 40.5 Å². The summed E-state index contributed by atoms with van der Waals surface area (Å²) in [5.41, 5.74) is 0. The van der Waals surface area contributed by atoms with Gasteiger partial charge < -0.3 is 27.1 Å². The second-order valence-electron chi connectivity index (χ2n) is 8.27. The molecule has 3 nitrogen and oxygen atoms in total. The van der Waals surface area contributed by atoms with Crippen LogP contribution in [0.2, 0.25) is 0 Å². The van der Waals surface area contributed by atoms with Crippen molar-refractivity contribution in [1.29, 1.82) is 0 Å². The van der Waals surface area contributed by atoms with E-state index in [4.69, 9.17) is 5.11 Å². The SMILES string of the molecule is CCCCCCCCCCCCCCCC[N+](C)(C)CC(O)CO.[Cl-]. The summed E-state index contributed by atoms with van der Waals surface area (Å²) in [7, 11) is 4.28. The van der Waals surface area contributed by atoms with Crippen molar-refractivity contribution in [2.45, 2.75) is 103 Å². The predicted molar refractivity (Wildman–Crippen MR) is 105 cm³/mol. The fraction of sp³-hybridized carbons (Fsp3) is 1.00. The minimum atomic E-state index is -0.577. The molecule has 0 rings (SSSR count). The molecule has 1 atom stereocenters. The number of aliphatic hydroxyl groups is 2. The molecule has 0 aliphatic rings. The Hall–Kier alpha value is 0.170. The third-order valence-electron chi connectivity index (χ3n) is 5.03. The van der Waals surface area contributed by atoms with E-state index < -0.39 is 6.10 Å². The molecule has 0 saturated carbocycles. The van der Waals surface area contributed by atoms with Crippen molar-refractivity contribution in [2.75, 3.05) is 33.8 Å². The molecule has 25 heavy (non-hydrogen) atoms. The van der Waals surface area contributed by atoms with Crippen LogP contribution in [-0.4, -0.2) is 54.6 Å². The highest BCUT2D eigenvalue weighted by atomic mass is 35.5. The van der Waals surface area contributed by atoms with Gasteiger partial charge in [0, 0.05) is 0 Å². The number of aliphatic hydroxyl groups excluding tert-OH is 2. The van der Waals surface area contributed by atoms with Crippen molar-refractivity contribution < 1.29 is 27.1 Å². The van der Waals surface area contributed by atoms with Crippen LogP contribution in [-0.2, 0) is 0 Å². The number of quaternary nitrogens is 1. The molecular weight excluding hydrogens is 334 g/mol. The van der Waals surface area contributed by atoms with E-state index in [1.165, 1.54) is 89.9 Å². The fourth-order valence-electron chi connectivity index (χ4n) is 3.45. The van der Waals surface area contributed by atoms with E-state index in [0.29, 0.717) is 6.54 Å². The first-order chi connectivity index (χ1) is 11.5. The summed E-state index contributed by atoms with van der Waals surface area (Å²) in [6.45, 7) is 3.90. The van der Waals surface area contributed by atoms with Gasteiger partial charge in [-0.25, -0.2) is 0 Å². The number of nitrogens with zero attached hydrogens (tertiary/aromatic N) is 1. The van der Waals surface area contributed by atoms with Crippen molar-refractivity contribution in [1.82, 2.24) is 0 Å². The Kier molecular flexibility index (Phi) is 20.8. The summed E-state index contributed by atoms with van der Waals surface area (Å²) in [6.07, 6.45) is 18.9. The van der Waals surface area contributed by atoms with Gasteiger partial charge in [0.1, 0.15) is 12.6 Å². The number of hydrogen-bond donors (Lipinski definition) is 2. The fourth-order valence-corrected chi connectivity index (χ4v) is 3.45. The normalized spacial score (nSPS) is 12.8. The van der Waals surface area contributed by atoms with Crippen molar-refractivity contribution in [2.24, 2.45) is 0 Å². The molecular formula is C21H46ClNO2. The second kappa shape index (κ2) is 18.9. The van der Waals surface area contributed by atoms with Gasteiger partial charge in [-0.05, 0) is 12.8 Å². The van der Waals surface area contributed by atoms with Crippen LogP contribution in [0.5, 0.6) is 0 Å². The van der Waals surface area contributed by atoms with Crippen LogP contribution in [0.25, 0.3) is 0 Å². The molecule has 1 unspecified atom stereocenters. The highest BCUT2D eigenvalue weighted by Crippen LogP contribution is 2.13. The van der Waals surface area contributed by atoms with Gasteiger partial charge in [0.05, 0.1) is 27.2 Å². The lowest BCUT2D eigenvalue weighted by Crippen LogP contribution is -3.00. The number of unbranched alkanes of at least 4 members (excludes halogenated alkanes) is 13. The van der Waals surface area contributed by atoms with Crippen LogP contribution in [0.3, 0.4) is 0 Å². The number of rotatable bonds is 18. The molecule has 0 aliphatic heterocycles. The van der Waals surface area contributed by atoms with E-state index in [9.17, 15) is 5.11 Å². The molecule has 0 heterocycles.